The number of aliphatic imine (C=N–C) groups is 1. The first-order valence-corrected chi connectivity index (χ1v) is 7.26. The largest absolute Gasteiger partial charge is 0.357 e. The van der Waals surface area contributed by atoms with Gasteiger partial charge in [-0.25, -0.2) is 4.99 Å². The molecule has 0 aliphatic rings. The summed E-state index contributed by atoms with van der Waals surface area (Å²) in [4.78, 5) is 9.07. The Kier molecular flexibility index (Phi) is 8.50. The predicted molar refractivity (Wildman–Crippen MR) is 102 cm³/mol. The third-order valence-corrected chi connectivity index (χ3v) is 2.99. The van der Waals surface area contributed by atoms with E-state index in [0.29, 0.717) is 13.1 Å². The van der Waals surface area contributed by atoms with Crippen LogP contribution in [0.4, 0.5) is 0 Å². The van der Waals surface area contributed by atoms with Gasteiger partial charge in [0.05, 0.1) is 18.8 Å². The molecule has 118 valence electrons. The van der Waals surface area contributed by atoms with E-state index in [2.05, 4.69) is 39.7 Å². The molecule has 0 fully saturated rings. The number of rotatable bonds is 5. The first kappa shape index (κ1) is 18.4. The van der Waals surface area contributed by atoms with E-state index in [1.165, 1.54) is 5.56 Å². The van der Waals surface area contributed by atoms with Crippen LogP contribution in [0.3, 0.4) is 0 Å². The maximum absolute atomic E-state index is 4.59. The van der Waals surface area contributed by atoms with E-state index in [1.54, 1.807) is 0 Å². The van der Waals surface area contributed by atoms with Gasteiger partial charge in [-0.05, 0) is 31.5 Å². The lowest BCUT2D eigenvalue weighted by atomic mass is 10.2. The summed E-state index contributed by atoms with van der Waals surface area (Å²) in [5, 5.41) is 6.56. The first-order chi connectivity index (χ1) is 10.3. The summed E-state index contributed by atoms with van der Waals surface area (Å²) in [6.45, 7) is 6.23. The number of aryl methyl sites for hydroxylation is 1. The molecule has 22 heavy (non-hydrogen) atoms. The molecule has 0 atom stereocenters. The minimum atomic E-state index is 0. The van der Waals surface area contributed by atoms with Crippen molar-refractivity contribution in [1.29, 1.82) is 0 Å². The molecule has 0 spiro atoms. The lowest BCUT2D eigenvalue weighted by Gasteiger charge is -2.11. The summed E-state index contributed by atoms with van der Waals surface area (Å²) < 4.78 is 0. The van der Waals surface area contributed by atoms with E-state index in [1.807, 2.05) is 43.3 Å². The van der Waals surface area contributed by atoms with Gasteiger partial charge in [0.25, 0.3) is 0 Å². The molecule has 0 bridgehead atoms. The van der Waals surface area contributed by atoms with E-state index < -0.39 is 0 Å². The van der Waals surface area contributed by atoms with E-state index in [9.17, 15) is 0 Å². The van der Waals surface area contributed by atoms with Crippen LogP contribution in [-0.4, -0.2) is 17.5 Å². The molecule has 5 heteroatoms. The van der Waals surface area contributed by atoms with Crippen molar-refractivity contribution in [3.05, 3.63) is 65.5 Å². The number of aromatic nitrogens is 1. The Morgan fingerprint density at radius 3 is 2.50 bits per heavy atom. The highest BCUT2D eigenvalue weighted by atomic mass is 127. The number of benzene rings is 1. The number of nitrogens with one attached hydrogen (secondary N) is 2. The Bertz CT molecular complexity index is 584. The van der Waals surface area contributed by atoms with Crippen molar-refractivity contribution in [3.63, 3.8) is 0 Å². The van der Waals surface area contributed by atoms with Crippen LogP contribution in [0, 0.1) is 6.92 Å². The van der Waals surface area contributed by atoms with Crippen LogP contribution in [0.15, 0.2) is 53.5 Å². The highest BCUT2D eigenvalue weighted by Crippen LogP contribution is 2.00. The van der Waals surface area contributed by atoms with E-state index >= 15 is 0 Å². The molecule has 0 unspecified atom stereocenters. The zero-order valence-electron chi connectivity index (χ0n) is 13.0. The quantitative estimate of drug-likeness (QED) is 0.452. The number of guanidine groups is 1. The van der Waals surface area contributed by atoms with Crippen molar-refractivity contribution in [3.8, 4) is 0 Å². The summed E-state index contributed by atoms with van der Waals surface area (Å²) in [6, 6.07) is 16.3. The van der Waals surface area contributed by atoms with Crippen LogP contribution in [0.2, 0.25) is 0 Å². The van der Waals surface area contributed by atoms with Crippen LogP contribution in [0.25, 0.3) is 0 Å². The molecule has 0 saturated carbocycles. The number of hydrogen-bond acceptors (Lipinski definition) is 2. The minimum Gasteiger partial charge on any atom is -0.357 e. The van der Waals surface area contributed by atoms with Gasteiger partial charge in [0, 0.05) is 12.2 Å². The smallest absolute Gasteiger partial charge is 0.191 e. The maximum Gasteiger partial charge on any atom is 0.191 e. The van der Waals surface area contributed by atoms with Crippen LogP contribution in [0.5, 0.6) is 0 Å². The summed E-state index contributed by atoms with van der Waals surface area (Å²) in [7, 11) is 0. The Hall–Kier alpha value is -1.63. The van der Waals surface area contributed by atoms with Crippen LogP contribution in [0.1, 0.15) is 23.9 Å². The zero-order valence-corrected chi connectivity index (χ0v) is 15.4. The highest BCUT2D eigenvalue weighted by molar-refractivity contribution is 14.0. The van der Waals surface area contributed by atoms with E-state index in [4.69, 9.17) is 0 Å². The van der Waals surface area contributed by atoms with Gasteiger partial charge in [-0.2, -0.15) is 0 Å². The third-order valence-electron chi connectivity index (χ3n) is 2.99. The number of hydrogen-bond donors (Lipinski definition) is 2. The second-order valence-electron chi connectivity index (χ2n) is 4.80. The highest BCUT2D eigenvalue weighted by Gasteiger charge is 1.99. The normalized spacial score (nSPS) is 10.7. The number of nitrogens with zero attached hydrogens (tertiary/aromatic N) is 2. The first-order valence-electron chi connectivity index (χ1n) is 7.26. The summed E-state index contributed by atoms with van der Waals surface area (Å²) in [5.74, 6) is 0.810. The maximum atomic E-state index is 4.59. The fourth-order valence-corrected chi connectivity index (χ4v) is 1.97. The third kappa shape index (κ3) is 6.43. The van der Waals surface area contributed by atoms with Crippen LogP contribution < -0.4 is 10.6 Å². The summed E-state index contributed by atoms with van der Waals surface area (Å²) in [6.07, 6.45) is 0. The second kappa shape index (κ2) is 10.2. The zero-order chi connectivity index (χ0) is 14.9. The Morgan fingerprint density at radius 1 is 1.05 bits per heavy atom. The molecule has 0 saturated heterocycles. The average molecular weight is 410 g/mol. The fourth-order valence-electron chi connectivity index (χ4n) is 1.97. The molecule has 0 radical (unpaired) electrons. The molecule has 0 amide bonds. The molecular formula is C17H23IN4. The Labute approximate surface area is 149 Å². The standard InChI is InChI=1S/C17H22N4.HI/c1-3-18-17(19-12-15-9-5-4-6-10-15)20-13-16-11-7-8-14(2)21-16;/h4-11H,3,12-13H2,1-2H3,(H2,18,19,20);1H. The molecule has 4 nitrogen and oxygen atoms in total. The van der Waals surface area contributed by atoms with E-state index in [0.717, 1.165) is 23.9 Å². The van der Waals surface area contributed by atoms with Gasteiger partial charge < -0.3 is 10.6 Å². The molecule has 0 aliphatic heterocycles. The van der Waals surface area contributed by atoms with Gasteiger partial charge >= 0.3 is 0 Å². The van der Waals surface area contributed by atoms with Crippen molar-refractivity contribution >= 4 is 29.9 Å². The van der Waals surface area contributed by atoms with E-state index in [-0.39, 0.29) is 24.0 Å². The van der Waals surface area contributed by atoms with Gasteiger partial charge in [-0.15, -0.1) is 24.0 Å². The summed E-state index contributed by atoms with van der Waals surface area (Å²) >= 11 is 0. The average Bonchev–Trinajstić information content (AvgIpc) is 2.51. The predicted octanol–water partition coefficient (Wildman–Crippen LogP) is 3.26. The minimum absolute atomic E-state index is 0. The SMILES string of the molecule is CCNC(=NCc1ccccc1)NCc1cccc(C)n1.I. The van der Waals surface area contributed by atoms with Gasteiger partial charge in [0.1, 0.15) is 0 Å². The summed E-state index contributed by atoms with van der Waals surface area (Å²) in [5.41, 5.74) is 3.24. The van der Waals surface area contributed by atoms with Gasteiger partial charge in [0.15, 0.2) is 5.96 Å². The Morgan fingerprint density at radius 2 is 1.82 bits per heavy atom. The molecule has 2 N–H and O–H groups in total. The fraction of sp³-hybridized carbons (Fsp3) is 0.294. The van der Waals surface area contributed by atoms with Crippen LogP contribution >= 0.6 is 24.0 Å². The van der Waals surface area contributed by atoms with Gasteiger partial charge in [-0.3, -0.25) is 4.98 Å². The van der Waals surface area contributed by atoms with Crippen molar-refractivity contribution < 1.29 is 0 Å². The van der Waals surface area contributed by atoms with Crippen molar-refractivity contribution in [2.24, 2.45) is 4.99 Å². The molecule has 0 aliphatic carbocycles. The van der Waals surface area contributed by atoms with Crippen molar-refractivity contribution in [1.82, 2.24) is 15.6 Å². The van der Waals surface area contributed by atoms with Crippen LogP contribution in [-0.2, 0) is 13.1 Å². The van der Waals surface area contributed by atoms with Crippen molar-refractivity contribution in [2.75, 3.05) is 6.54 Å². The molecule has 1 aromatic carbocycles. The monoisotopic (exact) mass is 410 g/mol. The Balaban J connectivity index is 0.00000242. The molecule has 2 rings (SSSR count). The number of pyridine rings is 1. The molecule has 2 aromatic rings. The van der Waals surface area contributed by atoms with Crippen molar-refractivity contribution in [2.45, 2.75) is 26.9 Å². The van der Waals surface area contributed by atoms with Gasteiger partial charge in [0.2, 0.25) is 0 Å². The molecular weight excluding hydrogens is 387 g/mol. The molecule has 1 heterocycles. The topological polar surface area (TPSA) is 49.3 Å². The number of halogens is 1. The second-order valence-corrected chi connectivity index (χ2v) is 4.80. The van der Waals surface area contributed by atoms with Gasteiger partial charge in [-0.1, -0.05) is 36.4 Å². The lowest BCUT2D eigenvalue weighted by molar-refractivity contribution is 0.796. The molecule has 1 aromatic heterocycles. The lowest BCUT2D eigenvalue weighted by Crippen LogP contribution is -2.37.